The number of carbonyl (C=O) groups excluding carboxylic acids is 1. The van der Waals surface area contributed by atoms with Gasteiger partial charge in [0.2, 0.25) is 0 Å². The number of nitrogens with zero attached hydrogens (tertiary/aromatic N) is 2. The SMILES string of the molecule is C=CCc1cc(/C=c2/sc3n(c2=O)[C@@H](c2ccccc2OC(C)C)C(C(=O)OCC)=C(C)N=3)ccc1OCc1cccc2ccccc12. The molecule has 0 spiro atoms. The fourth-order valence-electron chi connectivity index (χ4n) is 6.02. The van der Waals surface area contributed by atoms with Crippen molar-refractivity contribution in [2.45, 2.75) is 52.9 Å². The molecule has 8 heteroatoms. The number of fused-ring (bicyclic) bond motifs is 2. The Labute approximate surface area is 283 Å². The second kappa shape index (κ2) is 14.3. The van der Waals surface area contributed by atoms with Crippen molar-refractivity contribution in [3.63, 3.8) is 0 Å². The van der Waals surface area contributed by atoms with E-state index in [4.69, 9.17) is 19.2 Å². The van der Waals surface area contributed by atoms with E-state index in [1.54, 1.807) is 18.4 Å². The third kappa shape index (κ3) is 6.62. The van der Waals surface area contributed by atoms with Gasteiger partial charge in [-0.2, -0.15) is 0 Å². The van der Waals surface area contributed by atoms with Gasteiger partial charge >= 0.3 is 5.97 Å². The average molecular weight is 659 g/mol. The Bertz CT molecular complexity index is 2220. The van der Waals surface area contributed by atoms with Gasteiger partial charge in [0, 0.05) is 5.56 Å². The molecule has 1 aliphatic heterocycles. The van der Waals surface area contributed by atoms with E-state index in [2.05, 4.69) is 30.8 Å². The second-order valence-electron chi connectivity index (χ2n) is 11.8. The van der Waals surface area contributed by atoms with Crippen LogP contribution in [-0.2, 0) is 22.6 Å². The smallest absolute Gasteiger partial charge is 0.338 e. The third-order valence-electron chi connectivity index (χ3n) is 8.10. The highest BCUT2D eigenvalue weighted by atomic mass is 32.1. The molecule has 0 N–H and O–H groups in total. The van der Waals surface area contributed by atoms with E-state index < -0.39 is 12.0 Å². The molecular weight excluding hydrogens is 621 g/mol. The van der Waals surface area contributed by atoms with E-state index in [1.165, 1.54) is 16.7 Å². The Hall–Kier alpha value is -5.21. The van der Waals surface area contributed by atoms with Crippen molar-refractivity contribution in [3.8, 4) is 11.5 Å². The quantitative estimate of drug-likeness (QED) is 0.112. The Balaban J connectivity index is 1.40. The van der Waals surface area contributed by atoms with Crippen LogP contribution in [0, 0.1) is 0 Å². The fourth-order valence-corrected chi connectivity index (χ4v) is 7.07. The van der Waals surface area contributed by atoms with Gasteiger partial charge in [0.25, 0.3) is 5.56 Å². The van der Waals surface area contributed by atoms with Crippen molar-refractivity contribution in [2.24, 2.45) is 4.99 Å². The first-order valence-corrected chi connectivity index (χ1v) is 16.9. The number of benzene rings is 4. The van der Waals surface area contributed by atoms with Crippen molar-refractivity contribution >= 4 is 34.2 Å². The summed E-state index contributed by atoms with van der Waals surface area (Å²) in [5.41, 5.74) is 4.18. The molecule has 244 valence electrons. The minimum Gasteiger partial charge on any atom is -0.491 e. The maximum absolute atomic E-state index is 14.2. The summed E-state index contributed by atoms with van der Waals surface area (Å²) in [7, 11) is 0. The maximum Gasteiger partial charge on any atom is 0.338 e. The van der Waals surface area contributed by atoms with Crippen molar-refractivity contribution in [1.29, 1.82) is 0 Å². The van der Waals surface area contributed by atoms with Crippen LogP contribution < -0.4 is 24.4 Å². The van der Waals surface area contributed by atoms with Gasteiger partial charge in [-0.05, 0) is 85.9 Å². The van der Waals surface area contributed by atoms with Crippen LogP contribution in [0.5, 0.6) is 11.5 Å². The summed E-state index contributed by atoms with van der Waals surface area (Å²) >= 11 is 1.29. The molecular formula is C40H38N2O5S. The van der Waals surface area contributed by atoms with Gasteiger partial charge in [-0.25, -0.2) is 9.79 Å². The van der Waals surface area contributed by atoms with Gasteiger partial charge < -0.3 is 14.2 Å². The Morgan fingerprint density at radius 3 is 2.56 bits per heavy atom. The van der Waals surface area contributed by atoms with Crippen LogP contribution in [0.25, 0.3) is 16.8 Å². The van der Waals surface area contributed by atoms with Crippen LogP contribution in [0.1, 0.15) is 56.0 Å². The van der Waals surface area contributed by atoms with Gasteiger partial charge in [0.05, 0.1) is 28.5 Å². The van der Waals surface area contributed by atoms with E-state index in [9.17, 15) is 9.59 Å². The Morgan fingerprint density at radius 1 is 1.00 bits per heavy atom. The van der Waals surface area contributed by atoms with Gasteiger partial charge in [-0.15, -0.1) is 6.58 Å². The van der Waals surface area contributed by atoms with Crippen LogP contribution in [0.2, 0.25) is 0 Å². The minimum atomic E-state index is -0.765. The molecule has 1 aromatic heterocycles. The molecule has 0 aliphatic carbocycles. The number of hydrogen-bond acceptors (Lipinski definition) is 7. The average Bonchev–Trinajstić information content (AvgIpc) is 3.37. The molecule has 2 heterocycles. The summed E-state index contributed by atoms with van der Waals surface area (Å²) in [5, 5.41) is 2.33. The zero-order chi connectivity index (χ0) is 33.8. The van der Waals surface area contributed by atoms with Crippen LogP contribution >= 0.6 is 11.3 Å². The minimum absolute atomic E-state index is 0.109. The molecule has 7 nitrogen and oxygen atoms in total. The summed E-state index contributed by atoms with van der Waals surface area (Å²) in [6, 6.07) is 27.1. The molecule has 0 fully saturated rings. The summed E-state index contributed by atoms with van der Waals surface area (Å²) in [4.78, 5) is 32.8. The number of carbonyl (C=O) groups is 1. The lowest BCUT2D eigenvalue weighted by atomic mass is 9.95. The molecule has 0 saturated heterocycles. The summed E-state index contributed by atoms with van der Waals surface area (Å²) < 4.78 is 20.0. The molecule has 48 heavy (non-hydrogen) atoms. The number of thiazole rings is 1. The lowest BCUT2D eigenvalue weighted by molar-refractivity contribution is -0.139. The van der Waals surface area contributed by atoms with Crippen molar-refractivity contribution in [3.05, 3.63) is 151 Å². The first-order chi connectivity index (χ1) is 23.3. The van der Waals surface area contributed by atoms with E-state index in [0.29, 0.717) is 44.9 Å². The van der Waals surface area contributed by atoms with Crippen LogP contribution in [0.4, 0.5) is 0 Å². The Kier molecular flexibility index (Phi) is 9.73. The lowest BCUT2D eigenvalue weighted by Gasteiger charge is -2.26. The zero-order valence-electron chi connectivity index (χ0n) is 27.6. The monoisotopic (exact) mass is 658 g/mol. The van der Waals surface area contributed by atoms with Crippen molar-refractivity contribution < 1.29 is 19.0 Å². The first-order valence-electron chi connectivity index (χ1n) is 16.1. The number of hydrogen-bond donors (Lipinski definition) is 0. The third-order valence-corrected chi connectivity index (χ3v) is 9.09. The number of aromatic nitrogens is 1. The molecule has 0 amide bonds. The summed E-state index contributed by atoms with van der Waals surface area (Å²) in [6.07, 6.45) is 4.19. The molecule has 0 radical (unpaired) electrons. The number of allylic oxidation sites excluding steroid dienone is 2. The van der Waals surface area contributed by atoms with Gasteiger partial charge in [0.15, 0.2) is 4.80 Å². The van der Waals surface area contributed by atoms with E-state index in [0.717, 1.165) is 27.8 Å². The van der Waals surface area contributed by atoms with Crippen molar-refractivity contribution in [1.82, 2.24) is 4.57 Å². The standard InChI is InChI=1S/C40H38N2O5S/c1-6-13-29-22-27(20-21-33(29)46-24-30-16-12-15-28-14-8-9-17-31(28)30)23-35-38(43)42-37(32-18-10-11-19-34(32)47-25(3)4)36(39(44)45-7-2)26(5)41-40(42)48-35/h6,8-12,14-23,25,37H,1,7,13,24H2,2-5H3/b35-23+/t37-/m0/s1. The molecule has 0 saturated carbocycles. The highest BCUT2D eigenvalue weighted by Crippen LogP contribution is 2.36. The van der Waals surface area contributed by atoms with E-state index in [1.807, 2.05) is 86.7 Å². The molecule has 6 rings (SSSR count). The number of ether oxygens (including phenoxy) is 3. The van der Waals surface area contributed by atoms with Crippen LogP contribution in [-0.4, -0.2) is 23.2 Å². The van der Waals surface area contributed by atoms with Gasteiger partial charge in [0.1, 0.15) is 24.1 Å². The zero-order valence-corrected chi connectivity index (χ0v) is 28.4. The van der Waals surface area contributed by atoms with Crippen LogP contribution in [0.15, 0.2) is 119 Å². The highest BCUT2D eigenvalue weighted by Gasteiger charge is 2.35. The summed E-state index contributed by atoms with van der Waals surface area (Å²) in [6.45, 7) is 12.0. The topological polar surface area (TPSA) is 79.1 Å². The first kappa shape index (κ1) is 32.7. The van der Waals surface area contributed by atoms with E-state index >= 15 is 0 Å². The van der Waals surface area contributed by atoms with Crippen LogP contribution in [0.3, 0.4) is 0 Å². The molecule has 0 bridgehead atoms. The number of esters is 1. The summed E-state index contributed by atoms with van der Waals surface area (Å²) in [5.74, 6) is 0.847. The van der Waals surface area contributed by atoms with Gasteiger partial charge in [-0.1, -0.05) is 84.1 Å². The molecule has 1 atom stereocenters. The van der Waals surface area contributed by atoms with Crippen molar-refractivity contribution in [2.75, 3.05) is 6.61 Å². The highest BCUT2D eigenvalue weighted by molar-refractivity contribution is 7.07. The largest absolute Gasteiger partial charge is 0.491 e. The maximum atomic E-state index is 14.2. The molecule has 0 unspecified atom stereocenters. The van der Waals surface area contributed by atoms with E-state index in [-0.39, 0.29) is 18.3 Å². The fraction of sp³-hybridized carbons (Fsp3) is 0.225. The molecule has 5 aromatic rings. The number of rotatable bonds is 11. The number of para-hydroxylation sites is 1. The second-order valence-corrected chi connectivity index (χ2v) is 12.8. The lowest BCUT2D eigenvalue weighted by Crippen LogP contribution is -2.40. The van der Waals surface area contributed by atoms with Gasteiger partial charge in [-0.3, -0.25) is 9.36 Å². The predicted molar refractivity (Wildman–Crippen MR) is 191 cm³/mol. The molecule has 4 aromatic carbocycles. The Morgan fingerprint density at radius 2 is 1.77 bits per heavy atom. The predicted octanol–water partition coefficient (Wildman–Crippen LogP) is 7.05. The normalized spacial score (nSPS) is 14.5. The molecule has 1 aliphatic rings.